The Morgan fingerprint density at radius 2 is 1.81 bits per heavy atom. The summed E-state index contributed by atoms with van der Waals surface area (Å²) >= 11 is 3.31. The summed E-state index contributed by atoms with van der Waals surface area (Å²) in [6, 6.07) is 12.3. The fraction of sp³-hybridized carbons (Fsp3) is 0.440. The zero-order valence-electron chi connectivity index (χ0n) is 19.7. The van der Waals surface area contributed by atoms with E-state index in [4.69, 9.17) is 9.72 Å². The van der Waals surface area contributed by atoms with Crippen LogP contribution in [0.2, 0.25) is 0 Å². The van der Waals surface area contributed by atoms with Crippen LogP contribution in [0.1, 0.15) is 31.4 Å². The molecule has 0 aliphatic rings. The maximum absolute atomic E-state index is 13.3. The number of carbonyl (C=O) groups excluding carboxylic acids is 1. The number of benzene rings is 2. The van der Waals surface area contributed by atoms with Gasteiger partial charge in [0.15, 0.2) is 5.13 Å². The number of thioether (sulfide) groups is 1. The largest absolute Gasteiger partial charge is 0.497 e. The lowest BCUT2D eigenvalue weighted by molar-refractivity contribution is -0.118. The zero-order chi connectivity index (χ0) is 23.1. The van der Waals surface area contributed by atoms with Gasteiger partial charge in [0.25, 0.3) is 0 Å². The number of aromatic nitrogens is 1. The van der Waals surface area contributed by atoms with E-state index < -0.39 is 0 Å². The van der Waals surface area contributed by atoms with Gasteiger partial charge in [0.05, 0.1) is 17.3 Å². The number of thiazole rings is 1. The number of amides is 1. The maximum atomic E-state index is 13.3. The first kappa shape index (κ1) is 24.6. The number of ether oxygens (including phenoxy) is 1. The molecular weight excluding hydrogens is 438 g/mol. The highest BCUT2D eigenvalue weighted by Gasteiger charge is 2.21. The number of carbonyl (C=O) groups is 1. The van der Waals surface area contributed by atoms with Crippen LogP contribution in [0.3, 0.4) is 0 Å². The predicted molar refractivity (Wildman–Crippen MR) is 138 cm³/mol. The normalized spacial score (nSPS) is 11.3. The number of fused-ring (bicyclic) bond motifs is 1. The van der Waals surface area contributed by atoms with Gasteiger partial charge in [-0.15, -0.1) is 11.8 Å². The van der Waals surface area contributed by atoms with E-state index in [0.29, 0.717) is 13.0 Å². The molecule has 1 heterocycles. The lowest BCUT2D eigenvalue weighted by Crippen LogP contribution is -2.39. The molecule has 5 nitrogen and oxygen atoms in total. The van der Waals surface area contributed by atoms with Gasteiger partial charge in [-0.05, 0) is 68.4 Å². The molecule has 2 aromatic carbocycles. The van der Waals surface area contributed by atoms with Crippen molar-refractivity contribution in [2.24, 2.45) is 0 Å². The highest BCUT2D eigenvalue weighted by molar-refractivity contribution is 7.99. The average Bonchev–Trinajstić information content (AvgIpc) is 3.21. The Morgan fingerprint density at radius 3 is 2.47 bits per heavy atom. The molecule has 1 aromatic heterocycles. The molecule has 7 heteroatoms. The summed E-state index contributed by atoms with van der Waals surface area (Å²) in [6.45, 7) is 12.0. The molecule has 0 aliphatic heterocycles. The van der Waals surface area contributed by atoms with Crippen LogP contribution < -0.4 is 9.64 Å². The van der Waals surface area contributed by atoms with Crippen LogP contribution >= 0.6 is 23.1 Å². The summed E-state index contributed by atoms with van der Waals surface area (Å²) in [6.07, 6.45) is 0.475. The number of likely N-dealkylation sites (N-methyl/N-ethyl adjacent to an activating group) is 1. The zero-order valence-corrected chi connectivity index (χ0v) is 21.3. The van der Waals surface area contributed by atoms with Crippen molar-refractivity contribution in [1.29, 1.82) is 0 Å². The summed E-state index contributed by atoms with van der Waals surface area (Å²) in [4.78, 5) is 23.5. The first-order valence-electron chi connectivity index (χ1n) is 11.1. The average molecular weight is 472 g/mol. The summed E-state index contributed by atoms with van der Waals surface area (Å²) in [5.41, 5.74) is 3.39. The first-order chi connectivity index (χ1) is 15.4. The van der Waals surface area contributed by atoms with Crippen LogP contribution in [0.4, 0.5) is 5.13 Å². The van der Waals surface area contributed by atoms with Crippen LogP contribution in [0.25, 0.3) is 10.2 Å². The van der Waals surface area contributed by atoms with E-state index >= 15 is 0 Å². The predicted octanol–water partition coefficient (Wildman–Crippen LogP) is 5.78. The summed E-state index contributed by atoms with van der Waals surface area (Å²) in [5, 5.41) is 0.806. The van der Waals surface area contributed by atoms with Crippen molar-refractivity contribution >= 4 is 44.4 Å². The molecule has 0 atom stereocenters. The standard InChI is InChI=1S/C25H33N3O2S2/c1-6-27(7-2)13-14-28(25-26-24-19(4)16-18(3)17-22(24)32-25)23(29)12-15-31-21-10-8-20(30-5)9-11-21/h8-11,16-17H,6-7,12-15H2,1-5H3. The van der Waals surface area contributed by atoms with Crippen molar-refractivity contribution in [1.82, 2.24) is 9.88 Å². The first-order valence-corrected chi connectivity index (χ1v) is 12.9. The van der Waals surface area contributed by atoms with Crippen molar-refractivity contribution in [2.45, 2.75) is 39.0 Å². The van der Waals surface area contributed by atoms with Gasteiger partial charge in [0.1, 0.15) is 5.75 Å². The van der Waals surface area contributed by atoms with Gasteiger partial charge in [-0.25, -0.2) is 4.98 Å². The number of aryl methyl sites for hydroxylation is 2. The van der Waals surface area contributed by atoms with E-state index in [-0.39, 0.29) is 5.91 Å². The third kappa shape index (κ3) is 6.24. The maximum Gasteiger partial charge on any atom is 0.229 e. The molecule has 32 heavy (non-hydrogen) atoms. The molecule has 3 rings (SSSR count). The number of nitrogens with zero attached hydrogens (tertiary/aromatic N) is 3. The molecule has 1 amide bonds. The van der Waals surface area contributed by atoms with E-state index in [2.05, 4.69) is 44.7 Å². The summed E-state index contributed by atoms with van der Waals surface area (Å²) in [5.74, 6) is 1.71. The number of hydrogen-bond donors (Lipinski definition) is 0. The second-order valence-electron chi connectivity index (χ2n) is 7.77. The molecule has 0 saturated carbocycles. The van der Waals surface area contributed by atoms with Crippen molar-refractivity contribution in [3.05, 3.63) is 47.5 Å². The Hall–Kier alpha value is -2.09. The van der Waals surface area contributed by atoms with Gasteiger partial charge in [-0.1, -0.05) is 31.3 Å². The third-order valence-electron chi connectivity index (χ3n) is 5.53. The summed E-state index contributed by atoms with van der Waals surface area (Å²) < 4.78 is 6.36. The minimum absolute atomic E-state index is 0.131. The third-order valence-corrected chi connectivity index (χ3v) is 7.57. The molecule has 0 radical (unpaired) electrons. The minimum atomic E-state index is 0.131. The highest BCUT2D eigenvalue weighted by Crippen LogP contribution is 2.32. The van der Waals surface area contributed by atoms with Gasteiger partial charge in [0.2, 0.25) is 5.91 Å². The van der Waals surface area contributed by atoms with Crippen LogP contribution in [-0.4, -0.2) is 54.8 Å². The van der Waals surface area contributed by atoms with E-state index in [1.165, 1.54) is 5.56 Å². The summed E-state index contributed by atoms with van der Waals surface area (Å²) in [7, 11) is 1.67. The van der Waals surface area contributed by atoms with Gasteiger partial charge in [-0.2, -0.15) is 0 Å². The molecule has 0 N–H and O–H groups in total. The fourth-order valence-electron chi connectivity index (χ4n) is 3.65. The molecule has 0 bridgehead atoms. The van der Waals surface area contributed by atoms with E-state index in [1.807, 2.05) is 29.2 Å². The fourth-order valence-corrected chi connectivity index (χ4v) is 5.67. The quantitative estimate of drug-likeness (QED) is 0.332. The lowest BCUT2D eigenvalue weighted by Gasteiger charge is -2.24. The van der Waals surface area contributed by atoms with E-state index in [9.17, 15) is 4.79 Å². The van der Waals surface area contributed by atoms with Crippen molar-refractivity contribution in [2.75, 3.05) is 43.9 Å². The van der Waals surface area contributed by atoms with Crippen LogP contribution in [0.15, 0.2) is 41.3 Å². The Labute approximate surface area is 199 Å². The molecular formula is C25H33N3O2S2. The molecule has 172 valence electrons. The van der Waals surface area contributed by atoms with Crippen molar-refractivity contribution < 1.29 is 9.53 Å². The minimum Gasteiger partial charge on any atom is -0.497 e. The molecule has 0 aliphatic carbocycles. The number of anilines is 1. The molecule has 0 fully saturated rings. The lowest BCUT2D eigenvalue weighted by atomic mass is 10.1. The van der Waals surface area contributed by atoms with Gasteiger partial charge in [-0.3, -0.25) is 9.69 Å². The van der Waals surface area contributed by atoms with Crippen molar-refractivity contribution in [3.8, 4) is 5.75 Å². The van der Waals surface area contributed by atoms with Gasteiger partial charge < -0.3 is 9.64 Å². The number of methoxy groups -OCH3 is 1. The Balaban J connectivity index is 1.74. The van der Waals surface area contributed by atoms with E-state index in [0.717, 1.165) is 56.9 Å². The Bertz CT molecular complexity index is 1030. The van der Waals surface area contributed by atoms with Gasteiger partial charge >= 0.3 is 0 Å². The van der Waals surface area contributed by atoms with E-state index in [1.54, 1.807) is 30.2 Å². The molecule has 0 unspecified atom stereocenters. The molecule has 0 spiro atoms. The Morgan fingerprint density at radius 1 is 1.09 bits per heavy atom. The molecule has 3 aromatic rings. The van der Waals surface area contributed by atoms with Crippen LogP contribution in [-0.2, 0) is 4.79 Å². The smallest absolute Gasteiger partial charge is 0.229 e. The second kappa shape index (κ2) is 11.7. The number of rotatable bonds is 11. The van der Waals surface area contributed by atoms with Crippen molar-refractivity contribution in [3.63, 3.8) is 0 Å². The van der Waals surface area contributed by atoms with Gasteiger partial charge in [0, 0.05) is 30.2 Å². The topological polar surface area (TPSA) is 45.7 Å². The van der Waals surface area contributed by atoms with Crippen LogP contribution in [0.5, 0.6) is 5.75 Å². The monoisotopic (exact) mass is 471 g/mol. The number of hydrogen-bond acceptors (Lipinski definition) is 6. The second-order valence-corrected chi connectivity index (χ2v) is 9.95. The van der Waals surface area contributed by atoms with Crippen LogP contribution in [0, 0.1) is 13.8 Å². The highest BCUT2D eigenvalue weighted by atomic mass is 32.2. The SMILES string of the molecule is CCN(CC)CCN(C(=O)CCSc1ccc(OC)cc1)c1nc2c(C)cc(C)cc2s1. The Kier molecular flexibility index (Phi) is 8.96. The molecule has 0 saturated heterocycles.